The van der Waals surface area contributed by atoms with Crippen LogP contribution in [0.2, 0.25) is 0 Å². The molecule has 140 valence electrons. The van der Waals surface area contributed by atoms with Crippen LogP contribution in [0, 0.1) is 12.3 Å². The van der Waals surface area contributed by atoms with Crippen LogP contribution in [0.25, 0.3) is 10.8 Å². The average Bonchev–Trinajstić information content (AvgIpc) is 2.75. The van der Waals surface area contributed by atoms with Crippen LogP contribution in [0.15, 0.2) is 71.6 Å². The lowest BCUT2D eigenvalue weighted by molar-refractivity contribution is -0.122. The maximum absolute atomic E-state index is 12.9. The van der Waals surface area contributed by atoms with E-state index in [0.29, 0.717) is 11.3 Å². The first-order chi connectivity index (χ1) is 13.6. The highest BCUT2D eigenvalue weighted by Gasteiger charge is 2.19. The molecule has 0 heterocycles. The summed E-state index contributed by atoms with van der Waals surface area (Å²) in [5.74, 6) is 2.38. The maximum atomic E-state index is 12.9. The molecular formula is C23H20N2O2S. The number of carbonyl (C=O) groups is 2. The Balaban J connectivity index is 1.78. The molecule has 5 heteroatoms. The minimum atomic E-state index is -0.241. The number of hydrogen-bond acceptors (Lipinski definition) is 3. The summed E-state index contributed by atoms with van der Waals surface area (Å²) in [6.07, 6.45) is 5.47. The van der Waals surface area contributed by atoms with Gasteiger partial charge in [-0.15, -0.1) is 18.2 Å². The second-order valence-electron chi connectivity index (χ2n) is 6.15. The molecule has 0 aliphatic rings. The Morgan fingerprint density at radius 2 is 1.82 bits per heavy atom. The number of amides is 2. The van der Waals surface area contributed by atoms with Gasteiger partial charge in [0.2, 0.25) is 11.8 Å². The molecule has 0 fully saturated rings. The van der Waals surface area contributed by atoms with Gasteiger partial charge in [-0.2, -0.15) is 0 Å². The third-order valence-corrected chi connectivity index (χ3v) is 5.27. The topological polar surface area (TPSA) is 49.4 Å². The third-order valence-electron chi connectivity index (χ3n) is 4.29. The smallest absolute Gasteiger partial charge is 0.239 e. The molecule has 0 radical (unpaired) electrons. The average molecular weight is 388 g/mol. The molecule has 3 aromatic rings. The molecule has 0 aromatic heterocycles. The van der Waals surface area contributed by atoms with Crippen LogP contribution < -0.4 is 10.2 Å². The Labute approximate surface area is 168 Å². The Hall–Kier alpha value is -3.23. The highest BCUT2D eigenvalue weighted by molar-refractivity contribution is 8.00. The van der Waals surface area contributed by atoms with Crippen molar-refractivity contribution in [2.24, 2.45) is 0 Å². The Kier molecular flexibility index (Phi) is 6.36. The van der Waals surface area contributed by atoms with Crippen LogP contribution >= 0.6 is 11.8 Å². The minimum absolute atomic E-state index is 0.0539. The molecule has 28 heavy (non-hydrogen) atoms. The van der Waals surface area contributed by atoms with Gasteiger partial charge in [-0.05, 0) is 41.1 Å². The van der Waals surface area contributed by atoms with Gasteiger partial charge in [0.05, 0.1) is 5.75 Å². The molecule has 0 saturated carbocycles. The summed E-state index contributed by atoms with van der Waals surface area (Å²) in [7, 11) is 1.55. The van der Waals surface area contributed by atoms with E-state index < -0.39 is 0 Å². The fourth-order valence-electron chi connectivity index (χ4n) is 2.79. The molecule has 3 aromatic carbocycles. The number of anilines is 1. The largest absolute Gasteiger partial charge is 0.358 e. The van der Waals surface area contributed by atoms with Crippen LogP contribution in [0.4, 0.5) is 5.69 Å². The highest BCUT2D eigenvalue weighted by Crippen LogP contribution is 2.25. The number of thioether (sulfide) groups is 1. The van der Waals surface area contributed by atoms with Crippen LogP contribution in [0.5, 0.6) is 0 Å². The number of nitrogens with one attached hydrogen (secondary N) is 1. The summed E-state index contributed by atoms with van der Waals surface area (Å²) >= 11 is 1.45. The lowest BCUT2D eigenvalue weighted by Gasteiger charge is -2.22. The zero-order chi connectivity index (χ0) is 19.9. The molecule has 1 N–H and O–H groups in total. The maximum Gasteiger partial charge on any atom is 0.239 e. The van der Waals surface area contributed by atoms with Crippen molar-refractivity contribution in [1.82, 2.24) is 5.32 Å². The van der Waals surface area contributed by atoms with Crippen molar-refractivity contribution in [3.63, 3.8) is 0 Å². The summed E-state index contributed by atoms with van der Waals surface area (Å²) in [4.78, 5) is 27.3. The summed E-state index contributed by atoms with van der Waals surface area (Å²) in [6, 6.07) is 21.3. The van der Waals surface area contributed by atoms with E-state index >= 15 is 0 Å². The van der Waals surface area contributed by atoms with E-state index in [1.54, 1.807) is 31.3 Å². The standard InChI is InChI=1S/C23H20N2O2S/c1-3-17-7-6-10-20(13-17)25(15-22(26)24-2)23(27)16-28-21-12-11-18-8-4-5-9-19(18)14-21/h1,4-14H,15-16H2,2H3,(H,24,26). The van der Waals surface area contributed by atoms with E-state index in [0.717, 1.165) is 15.7 Å². The predicted octanol–water partition coefficient (Wildman–Crippen LogP) is 3.69. The van der Waals surface area contributed by atoms with Crippen molar-refractivity contribution in [3.8, 4) is 12.3 Å². The number of fused-ring (bicyclic) bond motifs is 1. The third kappa shape index (κ3) is 4.73. The summed E-state index contributed by atoms with van der Waals surface area (Å²) in [6.45, 7) is -0.0539. The Bertz CT molecular complexity index is 1060. The fraction of sp³-hybridized carbons (Fsp3) is 0.130. The van der Waals surface area contributed by atoms with Crippen molar-refractivity contribution in [1.29, 1.82) is 0 Å². The van der Waals surface area contributed by atoms with Crippen LogP contribution in [0.1, 0.15) is 5.56 Å². The normalized spacial score (nSPS) is 10.3. The van der Waals surface area contributed by atoms with Crippen molar-refractivity contribution in [2.45, 2.75) is 4.90 Å². The van der Waals surface area contributed by atoms with Gasteiger partial charge < -0.3 is 10.2 Å². The minimum Gasteiger partial charge on any atom is -0.358 e. The van der Waals surface area contributed by atoms with Crippen molar-refractivity contribution >= 4 is 40.0 Å². The summed E-state index contributed by atoms with van der Waals surface area (Å²) in [5.41, 5.74) is 1.28. The van der Waals surface area contributed by atoms with Crippen LogP contribution in [-0.4, -0.2) is 31.2 Å². The van der Waals surface area contributed by atoms with E-state index in [9.17, 15) is 9.59 Å². The molecule has 0 atom stereocenters. The second kappa shape index (κ2) is 9.12. The lowest BCUT2D eigenvalue weighted by atomic mass is 10.1. The molecule has 4 nitrogen and oxygen atoms in total. The molecular weight excluding hydrogens is 368 g/mol. The summed E-state index contributed by atoms with van der Waals surface area (Å²) < 4.78 is 0. The number of likely N-dealkylation sites (N-methyl/N-ethyl adjacent to an activating group) is 1. The Morgan fingerprint density at radius 3 is 2.57 bits per heavy atom. The molecule has 0 aliphatic heterocycles. The van der Waals surface area contributed by atoms with Crippen LogP contribution in [0.3, 0.4) is 0 Å². The molecule has 0 spiro atoms. The van der Waals surface area contributed by atoms with E-state index in [-0.39, 0.29) is 24.1 Å². The first kappa shape index (κ1) is 19.5. The number of carbonyl (C=O) groups excluding carboxylic acids is 2. The predicted molar refractivity (Wildman–Crippen MR) is 115 cm³/mol. The van der Waals surface area contributed by atoms with Crippen molar-refractivity contribution in [2.75, 3.05) is 24.2 Å². The number of terminal acetylenes is 1. The molecule has 3 rings (SSSR count). The molecule has 0 saturated heterocycles. The zero-order valence-electron chi connectivity index (χ0n) is 15.5. The van der Waals surface area contributed by atoms with Gasteiger partial charge in [-0.3, -0.25) is 9.59 Å². The van der Waals surface area contributed by atoms with E-state index in [1.807, 2.05) is 30.3 Å². The summed E-state index contributed by atoms with van der Waals surface area (Å²) in [5, 5.41) is 4.85. The van der Waals surface area contributed by atoms with Gasteiger partial charge in [-0.25, -0.2) is 0 Å². The number of hydrogen-bond donors (Lipinski definition) is 1. The molecule has 2 amide bonds. The monoisotopic (exact) mass is 388 g/mol. The number of nitrogens with zero attached hydrogens (tertiary/aromatic N) is 1. The van der Waals surface area contributed by atoms with Gasteiger partial charge in [0, 0.05) is 23.2 Å². The van der Waals surface area contributed by atoms with Gasteiger partial charge in [0.1, 0.15) is 6.54 Å². The van der Waals surface area contributed by atoms with Crippen LogP contribution in [-0.2, 0) is 9.59 Å². The van der Waals surface area contributed by atoms with E-state index in [1.165, 1.54) is 16.7 Å². The first-order valence-corrected chi connectivity index (χ1v) is 9.78. The quantitative estimate of drug-likeness (QED) is 0.518. The van der Waals surface area contributed by atoms with Gasteiger partial charge in [0.15, 0.2) is 0 Å². The van der Waals surface area contributed by atoms with Gasteiger partial charge in [-0.1, -0.05) is 42.3 Å². The zero-order valence-corrected chi connectivity index (χ0v) is 16.3. The second-order valence-corrected chi connectivity index (χ2v) is 7.19. The number of benzene rings is 3. The van der Waals surface area contributed by atoms with Gasteiger partial charge >= 0.3 is 0 Å². The lowest BCUT2D eigenvalue weighted by Crippen LogP contribution is -2.40. The van der Waals surface area contributed by atoms with E-state index in [2.05, 4.69) is 23.4 Å². The SMILES string of the molecule is C#Cc1cccc(N(CC(=O)NC)C(=O)CSc2ccc3ccccc3c2)c1. The van der Waals surface area contributed by atoms with Crippen molar-refractivity contribution in [3.05, 3.63) is 72.3 Å². The van der Waals surface area contributed by atoms with E-state index in [4.69, 9.17) is 6.42 Å². The van der Waals surface area contributed by atoms with Gasteiger partial charge in [0.25, 0.3) is 0 Å². The molecule has 0 unspecified atom stereocenters. The highest BCUT2D eigenvalue weighted by atomic mass is 32.2. The fourth-order valence-corrected chi connectivity index (χ4v) is 3.61. The number of rotatable bonds is 6. The first-order valence-electron chi connectivity index (χ1n) is 8.80. The molecule has 0 aliphatic carbocycles. The Morgan fingerprint density at radius 1 is 1.04 bits per heavy atom. The van der Waals surface area contributed by atoms with Crippen molar-refractivity contribution < 1.29 is 9.59 Å². The molecule has 0 bridgehead atoms.